The Bertz CT molecular complexity index is 455. The lowest BCUT2D eigenvalue weighted by Crippen LogP contribution is -2.44. The maximum absolute atomic E-state index is 5.31. The monoisotopic (exact) mass is 307 g/mol. The Morgan fingerprint density at radius 1 is 1.18 bits per heavy atom. The molecule has 1 aromatic carbocycles. The number of guanidine groups is 1. The number of methoxy groups -OCH3 is 1. The Morgan fingerprint density at radius 2 is 1.86 bits per heavy atom. The van der Waals surface area contributed by atoms with Crippen LogP contribution >= 0.6 is 0 Å². The van der Waals surface area contributed by atoms with Crippen molar-refractivity contribution in [2.24, 2.45) is 4.99 Å². The van der Waals surface area contributed by atoms with Gasteiger partial charge in [-0.1, -0.05) is 26.0 Å². The predicted molar refractivity (Wildman–Crippen MR) is 91.9 cm³/mol. The smallest absolute Gasteiger partial charge is 0.191 e. The number of nitrogens with zero attached hydrogens (tertiary/aromatic N) is 1. The van der Waals surface area contributed by atoms with Gasteiger partial charge < -0.3 is 20.1 Å². The number of ether oxygens (including phenoxy) is 2. The van der Waals surface area contributed by atoms with Gasteiger partial charge in [0, 0.05) is 32.2 Å². The molecule has 5 heteroatoms. The molecular weight excluding hydrogens is 278 g/mol. The summed E-state index contributed by atoms with van der Waals surface area (Å²) >= 11 is 0. The van der Waals surface area contributed by atoms with Crippen molar-refractivity contribution in [3.63, 3.8) is 0 Å². The minimum absolute atomic E-state index is 0.0101. The normalized spacial score (nSPS) is 12.1. The highest BCUT2D eigenvalue weighted by molar-refractivity contribution is 5.79. The maximum atomic E-state index is 5.31. The third-order valence-electron chi connectivity index (χ3n) is 3.54. The Morgan fingerprint density at radius 3 is 2.41 bits per heavy atom. The predicted octanol–water partition coefficient (Wildman–Crippen LogP) is 2.17. The van der Waals surface area contributed by atoms with Crippen molar-refractivity contribution in [2.45, 2.75) is 26.2 Å². The molecule has 22 heavy (non-hydrogen) atoms. The molecule has 0 amide bonds. The van der Waals surface area contributed by atoms with Crippen LogP contribution < -0.4 is 15.4 Å². The summed E-state index contributed by atoms with van der Waals surface area (Å²) in [5, 5.41) is 6.61. The molecule has 0 saturated heterocycles. The lowest BCUT2D eigenvalue weighted by atomic mass is 9.84. The Labute approximate surface area is 134 Å². The van der Waals surface area contributed by atoms with Crippen molar-refractivity contribution in [1.82, 2.24) is 10.6 Å². The van der Waals surface area contributed by atoms with Crippen LogP contribution in [0.4, 0.5) is 0 Å². The Balaban J connectivity index is 2.51. The molecule has 0 saturated carbocycles. The van der Waals surface area contributed by atoms with E-state index in [0.29, 0.717) is 6.61 Å². The van der Waals surface area contributed by atoms with Crippen LogP contribution in [0.2, 0.25) is 0 Å². The largest absolute Gasteiger partial charge is 0.497 e. The standard InChI is InChI=1S/C17H29N3O2/c1-6-22-12-11-19-16(18-4)20-13-17(2,3)14-7-9-15(21-5)10-8-14/h7-10H,6,11-13H2,1-5H3,(H2,18,19,20). The van der Waals surface area contributed by atoms with Gasteiger partial charge in [-0.25, -0.2) is 0 Å². The Hall–Kier alpha value is -1.75. The zero-order valence-corrected chi connectivity index (χ0v) is 14.4. The minimum Gasteiger partial charge on any atom is -0.497 e. The number of nitrogens with one attached hydrogen (secondary N) is 2. The van der Waals surface area contributed by atoms with Gasteiger partial charge in [0.2, 0.25) is 0 Å². The van der Waals surface area contributed by atoms with E-state index in [4.69, 9.17) is 9.47 Å². The van der Waals surface area contributed by atoms with E-state index in [1.165, 1.54) is 5.56 Å². The van der Waals surface area contributed by atoms with Gasteiger partial charge >= 0.3 is 0 Å². The summed E-state index contributed by atoms with van der Waals surface area (Å²) in [4.78, 5) is 4.23. The van der Waals surface area contributed by atoms with E-state index >= 15 is 0 Å². The van der Waals surface area contributed by atoms with Crippen LogP contribution in [0.5, 0.6) is 5.75 Å². The minimum atomic E-state index is -0.0101. The van der Waals surface area contributed by atoms with E-state index in [1.54, 1.807) is 14.2 Å². The summed E-state index contributed by atoms with van der Waals surface area (Å²) in [5.41, 5.74) is 1.25. The SMILES string of the molecule is CCOCCNC(=NC)NCC(C)(C)c1ccc(OC)cc1. The number of aliphatic imine (C=N–C) groups is 1. The molecule has 0 radical (unpaired) electrons. The molecule has 0 aromatic heterocycles. The van der Waals surface area contributed by atoms with Crippen molar-refractivity contribution in [3.05, 3.63) is 29.8 Å². The van der Waals surface area contributed by atoms with Gasteiger partial charge in [-0.3, -0.25) is 4.99 Å². The molecule has 0 aliphatic heterocycles. The highest BCUT2D eigenvalue weighted by atomic mass is 16.5. The molecule has 0 aliphatic carbocycles. The van der Waals surface area contributed by atoms with Crippen LogP contribution in [0.1, 0.15) is 26.3 Å². The van der Waals surface area contributed by atoms with E-state index in [2.05, 4.69) is 41.6 Å². The Kier molecular flexibility index (Phi) is 7.74. The molecule has 0 fully saturated rings. The molecule has 0 heterocycles. The fraction of sp³-hybridized carbons (Fsp3) is 0.588. The summed E-state index contributed by atoms with van der Waals surface area (Å²) in [6.07, 6.45) is 0. The second-order valence-corrected chi connectivity index (χ2v) is 5.66. The van der Waals surface area contributed by atoms with Gasteiger partial charge in [0.25, 0.3) is 0 Å². The first-order valence-corrected chi connectivity index (χ1v) is 7.70. The average Bonchev–Trinajstić information content (AvgIpc) is 2.54. The highest BCUT2D eigenvalue weighted by Crippen LogP contribution is 2.24. The number of hydrogen-bond acceptors (Lipinski definition) is 3. The highest BCUT2D eigenvalue weighted by Gasteiger charge is 2.20. The van der Waals surface area contributed by atoms with E-state index < -0.39 is 0 Å². The van der Waals surface area contributed by atoms with Crippen LogP contribution in [-0.4, -0.2) is 46.4 Å². The quantitative estimate of drug-likeness (QED) is 0.439. The second-order valence-electron chi connectivity index (χ2n) is 5.66. The van der Waals surface area contributed by atoms with Gasteiger partial charge in [0.1, 0.15) is 5.75 Å². The number of hydrogen-bond donors (Lipinski definition) is 2. The van der Waals surface area contributed by atoms with E-state index in [0.717, 1.165) is 31.4 Å². The van der Waals surface area contributed by atoms with E-state index in [-0.39, 0.29) is 5.41 Å². The first-order valence-electron chi connectivity index (χ1n) is 7.70. The van der Waals surface area contributed by atoms with Crippen molar-refractivity contribution in [2.75, 3.05) is 40.5 Å². The third kappa shape index (κ3) is 5.93. The topological polar surface area (TPSA) is 54.9 Å². The fourth-order valence-corrected chi connectivity index (χ4v) is 2.06. The lowest BCUT2D eigenvalue weighted by molar-refractivity contribution is 0.152. The molecule has 0 atom stereocenters. The first-order chi connectivity index (χ1) is 10.5. The zero-order chi connectivity index (χ0) is 16.4. The fourth-order valence-electron chi connectivity index (χ4n) is 2.06. The molecule has 0 spiro atoms. The van der Waals surface area contributed by atoms with Crippen LogP contribution in [0.15, 0.2) is 29.3 Å². The van der Waals surface area contributed by atoms with Crippen molar-refractivity contribution in [1.29, 1.82) is 0 Å². The molecule has 1 rings (SSSR count). The van der Waals surface area contributed by atoms with Gasteiger partial charge in [0.05, 0.1) is 13.7 Å². The van der Waals surface area contributed by atoms with Crippen molar-refractivity contribution >= 4 is 5.96 Å². The van der Waals surface area contributed by atoms with Gasteiger partial charge in [-0.15, -0.1) is 0 Å². The molecule has 2 N–H and O–H groups in total. The molecule has 0 unspecified atom stereocenters. The summed E-state index contributed by atoms with van der Waals surface area (Å²) < 4.78 is 10.5. The molecular formula is C17H29N3O2. The van der Waals surface area contributed by atoms with Gasteiger partial charge in [0.15, 0.2) is 5.96 Å². The number of rotatable bonds is 8. The molecule has 5 nitrogen and oxygen atoms in total. The summed E-state index contributed by atoms with van der Waals surface area (Å²) in [7, 11) is 3.45. The number of benzene rings is 1. The molecule has 0 aliphatic rings. The van der Waals surface area contributed by atoms with Crippen LogP contribution in [0.25, 0.3) is 0 Å². The maximum Gasteiger partial charge on any atom is 0.191 e. The summed E-state index contributed by atoms with van der Waals surface area (Å²) in [5.74, 6) is 1.67. The average molecular weight is 307 g/mol. The summed E-state index contributed by atoms with van der Waals surface area (Å²) in [6, 6.07) is 8.19. The van der Waals surface area contributed by atoms with Crippen LogP contribution in [-0.2, 0) is 10.2 Å². The van der Waals surface area contributed by atoms with E-state index in [1.807, 2.05) is 19.1 Å². The van der Waals surface area contributed by atoms with Gasteiger partial charge in [-0.05, 0) is 24.6 Å². The van der Waals surface area contributed by atoms with Crippen LogP contribution in [0.3, 0.4) is 0 Å². The van der Waals surface area contributed by atoms with Crippen molar-refractivity contribution < 1.29 is 9.47 Å². The lowest BCUT2D eigenvalue weighted by Gasteiger charge is -2.27. The zero-order valence-electron chi connectivity index (χ0n) is 14.4. The first kappa shape index (κ1) is 18.3. The van der Waals surface area contributed by atoms with Crippen molar-refractivity contribution in [3.8, 4) is 5.75 Å². The molecule has 1 aromatic rings. The van der Waals surface area contributed by atoms with E-state index in [9.17, 15) is 0 Å². The van der Waals surface area contributed by atoms with Gasteiger partial charge in [-0.2, -0.15) is 0 Å². The molecule has 124 valence electrons. The second kappa shape index (κ2) is 9.30. The van der Waals surface area contributed by atoms with Crippen LogP contribution in [0, 0.1) is 0 Å². The molecule has 0 bridgehead atoms. The third-order valence-corrected chi connectivity index (χ3v) is 3.54. The summed E-state index contributed by atoms with van der Waals surface area (Å²) in [6.45, 7) is 9.34.